The van der Waals surface area contributed by atoms with Gasteiger partial charge in [0.2, 0.25) is 0 Å². The Morgan fingerprint density at radius 2 is 1.81 bits per heavy atom. The zero-order valence-corrected chi connectivity index (χ0v) is 12.7. The van der Waals surface area contributed by atoms with E-state index in [1.165, 1.54) is 0 Å². The molecule has 0 spiro atoms. The third-order valence-electron chi connectivity index (χ3n) is 3.18. The summed E-state index contributed by atoms with van der Waals surface area (Å²) in [5, 5.41) is 13.6. The van der Waals surface area contributed by atoms with Crippen molar-refractivity contribution in [3.8, 4) is 11.5 Å². The van der Waals surface area contributed by atoms with Gasteiger partial charge in [0.05, 0.1) is 26.9 Å². The van der Waals surface area contributed by atoms with Crippen molar-refractivity contribution >= 4 is 17.3 Å². The van der Waals surface area contributed by atoms with E-state index in [-0.39, 0.29) is 12.6 Å². The first kappa shape index (κ1) is 15.5. The fraction of sp³-hybridized carbons (Fsp3) is 0.250. The van der Waals surface area contributed by atoms with Gasteiger partial charge in [0, 0.05) is 16.3 Å². The molecule has 0 saturated carbocycles. The summed E-state index contributed by atoms with van der Waals surface area (Å²) >= 11 is 5.87. The number of ether oxygens (including phenoxy) is 2. The van der Waals surface area contributed by atoms with Crippen LogP contribution in [0.1, 0.15) is 11.6 Å². The molecule has 0 aliphatic heterocycles. The van der Waals surface area contributed by atoms with Gasteiger partial charge in [0.1, 0.15) is 11.5 Å². The lowest BCUT2D eigenvalue weighted by Crippen LogP contribution is -2.16. The van der Waals surface area contributed by atoms with Crippen LogP contribution in [0, 0.1) is 0 Å². The van der Waals surface area contributed by atoms with E-state index in [1.807, 2.05) is 30.3 Å². The van der Waals surface area contributed by atoms with Crippen LogP contribution in [-0.4, -0.2) is 25.9 Å². The highest BCUT2D eigenvalue weighted by atomic mass is 35.5. The standard InChI is InChI=1S/C16H18ClNO3/c1-20-13-7-8-16(21-2)14(9-13)15(10-19)18-12-5-3-11(17)4-6-12/h3-9,15,18-19H,10H2,1-2H3. The van der Waals surface area contributed by atoms with Gasteiger partial charge < -0.3 is 19.9 Å². The number of aliphatic hydroxyl groups excluding tert-OH is 1. The molecule has 0 aliphatic carbocycles. The van der Waals surface area contributed by atoms with Gasteiger partial charge in [-0.05, 0) is 42.5 Å². The van der Waals surface area contributed by atoms with Crippen molar-refractivity contribution in [2.75, 3.05) is 26.1 Å². The Labute approximate surface area is 129 Å². The van der Waals surface area contributed by atoms with Gasteiger partial charge in [-0.25, -0.2) is 0 Å². The van der Waals surface area contributed by atoms with E-state index in [2.05, 4.69) is 5.32 Å². The van der Waals surface area contributed by atoms with Crippen LogP contribution in [0.3, 0.4) is 0 Å². The first-order valence-electron chi connectivity index (χ1n) is 6.52. The average Bonchev–Trinajstić information content (AvgIpc) is 2.53. The second-order valence-electron chi connectivity index (χ2n) is 4.49. The predicted molar refractivity (Wildman–Crippen MR) is 84.4 cm³/mol. The molecule has 4 nitrogen and oxygen atoms in total. The van der Waals surface area contributed by atoms with Crippen molar-refractivity contribution in [2.24, 2.45) is 0 Å². The number of hydrogen-bond acceptors (Lipinski definition) is 4. The fourth-order valence-electron chi connectivity index (χ4n) is 2.08. The number of rotatable bonds is 6. The highest BCUT2D eigenvalue weighted by Gasteiger charge is 2.16. The highest BCUT2D eigenvalue weighted by molar-refractivity contribution is 6.30. The summed E-state index contributed by atoms with van der Waals surface area (Å²) in [4.78, 5) is 0. The van der Waals surface area contributed by atoms with E-state index in [1.54, 1.807) is 26.4 Å². The van der Waals surface area contributed by atoms with Crippen LogP contribution in [0.5, 0.6) is 11.5 Å². The molecule has 1 atom stereocenters. The van der Waals surface area contributed by atoms with Crippen molar-refractivity contribution in [3.05, 3.63) is 53.1 Å². The number of anilines is 1. The topological polar surface area (TPSA) is 50.7 Å². The maximum Gasteiger partial charge on any atom is 0.124 e. The maximum atomic E-state index is 9.69. The number of halogens is 1. The van der Waals surface area contributed by atoms with E-state index in [0.717, 1.165) is 11.3 Å². The number of nitrogens with one attached hydrogen (secondary N) is 1. The summed E-state index contributed by atoms with van der Waals surface area (Å²) in [6.07, 6.45) is 0. The monoisotopic (exact) mass is 307 g/mol. The summed E-state index contributed by atoms with van der Waals surface area (Å²) in [7, 11) is 3.20. The highest BCUT2D eigenvalue weighted by Crippen LogP contribution is 2.31. The molecule has 0 radical (unpaired) electrons. The van der Waals surface area contributed by atoms with Gasteiger partial charge in [-0.3, -0.25) is 0 Å². The van der Waals surface area contributed by atoms with Gasteiger partial charge in [-0.2, -0.15) is 0 Å². The van der Waals surface area contributed by atoms with Crippen LogP contribution in [0.2, 0.25) is 5.02 Å². The number of hydrogen-bond donors (Lipinski definition) is 2. The van der Waals surface area contributed by atoms with Gasteiger partial charge in [0.15, 0.2) is 0 Å². The Hall–Kier alpha value is -1.91. The van der Waals surface area contributed by atoms with Crippen molar-refractivity contribution in [1.29, 1.82) is 0 Å². The lowest BCUT2D eigenvalue weighted by Gasteiger charge is -2.21. The van der Waals surface area contributed by atoms with Crippen LogP contribution in [0.25, 0.3) is 0 Å². The molecule has 2 aromatic rings. The minimum Gasteiger partial charge on any atom is -0.497 e. The van der Waals surface area contributed by atoms with Crippen molar-refractivity contribution < 1.29 is 14.6 Å². The molecule has 0 saturated heterocycles. The summed E-state index contributed by atoms with van der Waals surface area (Å²) in [5.41, 5.74) is 1.69. The summed E-state index contributed by atoms with van der Waals surface area (Å²) in [6, 6.07) is 12.5. The normalized spacial score (nSPS) is 11.8. The first-order valence-corrected chi connectivity index (χ1v) is 6.90. The molecular formula is C16H18ClNO3. The van der Waals surface area contributed by atoms with Crippen LogP contribution in [-0.2, 0) is 0 Å². The minimum atomic E-state index is -0.309. The van der Waals surface area contributed by atoms with Crippen molar-refractivity contribution in [3.63, 3.8) is 0 Å². The third-order valence-corrected chi connectivity index (χ3v) is 3.43. The number of aliphatic hydroxyl groups is 1. The van der Waals surface area contributed by atoms with E-state index >= 15 is 0 Å². The van der Waals surface area contributed by atoms with Crippen molar-refractivity contribution in [2.45, 2.75) is 6.04 Å². The predicted octanol–water partition coefficient (Wildman–Crippen LogP) is 3.50. The van der Waals surface area contributed by atoms with Crippen molar-refractivity contribution in [1.82, 2.24) is 0 Å². The Bertz CT molecular complexity index is 587. The fourth-order valence-corrected chi connectivity index (χ4v) is 2.21. The number of methoxy groups -OCH3 is 2. The molecule has 2 rings (SSSR count). The second kappa shape index (κ2) is 7.20. The largest absolute Gasteiger partial charge is 0.497 e. The first-order chi connectivity index (χ1) is 10.2. The molecule has 0 amide bonds. The Morgan fingerprint density at radius 1 is 1.10 bits per heavy atom. The molecule has 5 heteroatoms. The quantitative estimate of drug-likeness (QED) is 0.857. The molecule has 2 aromatic carbocycles. The zero-order chi connectivity index (χ0) is 15.2. The summed E-state index contributed by atoms with van der Waals surface area (Å²) < 4.78 is 10.6. The number of benzene rings is 2. The zero-order valence-electron chi connectivity index (χ0n) is 12.0. The van der Waals surface area contributed by atoms with Crippen LogP contribution < -0.4 is 14.8 Å². The Morgan fingerprint density at radius 3 is 2.38 bits per heavy atom. The van der Waals surface area contributed by atoms with Gasteiger partial charge in [-0.15, -0.1) is 0 Å². The minimum absolute atomic E-state index is 0.0772. The van der Waals surface area contributed by atoms with E-state index in [9.17, 15) is 5.11 Å². The van der Waals surface area contributed by atoms with E-state index in [0.29, 0.717) is 16.5 Å². The molecule has 0 aromatic heterocycles. The smallest absolute Gasteiger partial charge is 0.124 e. The summed E-state index contributed by atoms with van der Waals surface area (Å²) in [6.45, 7) is -0.0772. The Balaban J connectivity index is 2.29. The molecule has 112 valence electrons. The average molecular weight is 308 g/mol. The SMILES string of the molecule is COc1ccc(OC)c(C(CO)Nc2ccc(Cl)cc2)c1. The molecule has 0 aliphatic rings. The van der Waals surface area contributed by atoms with Crippen LogP contribution in [0.4, 0.5) is 5.69 Å². The molecule has 21 heavy (non-hydrogen) atoms. The lowest BCUT2D eigenvalue weighted by molar-refractivity contribution is 0.272. The molecule has 0 bridgehead atoms. The molecule has 1 unspecified atom stereocenters. The van der Waals surface area contributed by atoms with Crippen LogP contribution >= 0.6 is 11.6 Å². The second-order valence-corrected chi connectivity index (χ2v) is 4.93. The Kier molecular flexibility index (Phi) is 5.31. The maximum absolute atomic E-state index is 9.69. The van der Waals surface area contributed by atoms with E-state index in [4.69, 9.17) is 21.1 Å². The van der Waals surface area contributed by atoms with Gasteiger partial charge >= 0.3 is 0 Å². The molecular weight excluding hydrogens is 290 g/mol. The molecule has 2 N–H and O–H groups in total. The third kappa shape index (κ3) is 3.80. The molecule has 0 heterocycles. The van der Waals surface area contributed by atoms with Crippen LogP contribution in [0.15, 0.2) is 42.5 Å². The molecule has 0 fully saturated rings. The lowest BCUT2D eigenvalue weighted by atomic mass is 10.1. The van der Waals surface area contributed by atoms with Gasteiger partial charge in [-0.1, -0.05) is 11.6 Å². The van der Waals surface area contributed by atoms with E-state index < -0.39 is 0 Å². The summed E-state index contributed by atoms with van der Waals surface area (Å²) in [5.74, 6) is 1.40. The van der Waals surface area contributed by atoms with Gasteiger partial charge in [0.25, 0.3) is 0 Å².